The number of fused-ring (bicyclic) bond motifs is 1. The summed E-state index contributed by atoms with van der Waals surface area (Å²) >= 11 is 2.96. The molecule has 0 radical (unpaired) electrons. The van der Waals surface area contributed by atoms with Crippen molar-refractivity contribution in [1.82, 2.24) is 4.98 Å². The summed E-state index contributed by atoms with van der Waals surface area (Å²) in [5.41, 5.74) is 1.94. The fraction of sp³-hybridized carbons (Fsp3) is 0.143. The average molecular weight is 395 g/mol. The number of nitrogens with zero attached hydrogens (tertiary/aromatic N) is 2. The van der Waals surface area contributed by atoms with E-state index in [2.05, 4.69) is 0 Å². The minimum absolute atomic E-state index is 0.0297. The van der Waals surface area contributed by atoms with E-state index in [0.717, 1.165) is 21.5 Å². The van der Waals surface area contributed by atoms with Crippen LogP contribution >= 0.6 is 22.7 Å². The fourth-order valence-corrected chi connectivity index (χ4v) is 4.45. The van der Waals surface area contributed by atoms with Crippen molar-refractivity contribution in [3.63, 3.8) is 0 Å². The maximum absolute atomic E-state index is 13.1. The Kier molecular flexibility index (Phi) is 5.18. The monoisotopic (exact) mass is 394 g/mol. The van der Waals surface area contributed by atoms with Gasteiger partial charge in [-0.3, -0.25) is 9.69 Å². The van der Waals surface area contributed by atoms with Gasteiger partial charge in [-0.15, -0.1) is 11.3 Å². The number of hydrogen-bond acceptors (Lipinski definition) is 5. The summed E-state index contributed by atoms with van der Waals surface area (Å²) in [7, 11) is 0. The predicted molar refractivity (Wildman–Crippen MR) is 112 cm³/mol. The topological polar surface area (TPSA) is 42.4 Å². The van der Waals surface area contributed by atoms with Crippen LogP contribution in [0.15, 0.2) is 66.0 Å². The quantitative estimate of drug-likeness (QED) is 0.427. The first kappa shape index (κ1) is 17.7. The summed E-state index contributed by atoms with van der Waals surface area (Å²) in [6.07, 6.45) is 0. The molecular formula is C21H18N2O2S2. The minimum Gasteiger partial charge on any atom is -0.494 e. The van der Waals surface area contributed by atoms with E-state index in [-0.39, 0.29) is 5.91 Å². The molecule has 2 heterocycles. The van der Waals surface area contributed by atoms with Gasteiger partial charge in [0.15, 0.2) is 5.13 Å². The number of amides is 1. The SMILES string of the molecule is CCOc1ccc2nc(N(Cc3ccccc3)C(=O)c3cccs3)sc2c1. The molecule has 0 unspecified atom stereocenters. The zero-order valence-corrected chi connectivity index (χ0v) is 16.4. The lowest BCUT2D eigenvalue weighted by Crippen LogP contribution is -2.29. The van der Waals surface area contributed by atoms with Crippen molar-refractivity contribution in [2.45, 2.75) is 13.5 Å². The van der Waals surface area contributed by atoms with Gasteiger partial charge in [-0.2, -0.15) is 0 Å². The first-order valence-corrected chi connectivity index (χ1v) is 10.4. The molecule has 0 N–H and O–H groups in total. The average Bonchev–Trinajstić information content (AvgIpc) is 3.36. The van der Waals surface area contributed by atoms with Gasteiger partial charge in [-0.05, 0) is 42.1 Å². The van der Waals surface area contributed by atoms with E-state index < -0.39 is 0 Å². The molecule has 136 valence electrons. The number of benzene rings is 2. The fourth-order valence-electron chi connectivity index (χ4n) is 2.79. The molecule has 4 nitrogen and oxygen atoms in total. The van der Waals surface area contributed by atoms with Crippen molar-refractivity contribution >= 4 is 43.9 Å². The van der Waals surface area contributed by atoms with Gasteiger partial charge in [0, 0.05) is 0 Å². The standard InChI is InChI=1S/C21H18N2O2S2/c1-2-25-16-10-11-17-19(13-16)27-21(22-17)23(14-15-7-4-3-5-8-15)20(24)18-9-6-12-26-18/h3-13H,2,14H2,1H3. The number of aromatic nitrogens is 1. The Morgan fingerprint density at radius 3 is 2.70 bits per heavy atom. The lowest BCUT2D eigenvalue weighted by atomic mass is 10.2. The van der Waals surface area contributed by atoms with Crippen molar-refractivity contribution in [2.24, 2.45) is 0 Å². The van der Waals surface area contributed by atoms with Crippen LogP contribution in [0, 0.1) is 0 Å². The number of carbonyl (C=O) groups is 1. The number of carbonyl (C=O) groups excluding carboxylic acids is 1. The van der Waals surface area contributed by atoms with E-state index in [4.69, 9.17) is 9.72 Å². The Morgan fingerprint density at radius 1 is 1.11 bits per heavy atom. The van der Waals surface area contributed by atoms with E-state index >= 15 is 0 Å². The molecule has 0 saturated heterocycles. The van der Waals surface area contributed by atoms with Crippen molar-refractivity contribution in [3.05, 3.63) is 76.5 Å². The van der Waals surface area contributed by atoms with Gasteiger partial charge in [0.2, 0.25) is 0 Å². The maximum Gasteiger partial charge on any atom is 0.270 e. The lowest BCUT2D eigenvalue weighted by Gasteiger charge is -2.19. The van der Waals surface area contributed by atoms with Crippen LogP contribution in [0.4, 0.5) is 5.13 Å². The summed E-state index contributed by atoms with van der Waals surface area (Å²) in [4.78, 5) is 20.3. The molecule has 4 rings (SSSR count). The van der Waals surface area contributed by atoms with Gasteiger partial charge in [0.05, 0.1) is 28.2 Å². The molecule has 6 heteroatoms. The van der Waals surface area contributed by atoms with Gasteiger partial charge in [-0.25, -0.2) is 4.98 Å². The molecule has 0 spiro atoms. The van der Waals surface area contributed by atoms with Crippen LogP contribution in [0.25, 0.3) is 10.2 Å². The van der Waals surface area contributed by atoms with Gasteiger partial charge in [-0.1, -0.05) is 47.7 Å². The van der Waals surface area contributed by atoms with Gasteiger partial charge in [0.25, 0.3) is 5.91 Å². The van der Waals surface area contributed by atoms with Crippen LogP contribution in [-0.2, 0) is 6.54 Å². The third-order valence-corrected chi connectivity index (χ3v) is 5.95. The molecule has 0 fully saturated rings. The van der Waals surface area contributed by atoms with Gasteiger partial charge >= 0.3 is 0 Å². The van der Waals surface area contributed by atoms with E-state index in [1.807, 2.05) is 73.0 Å². The highest BCUT2D eigenvalue weighted by Gasteiger charge is 2.22. The van der Waals surface area contributed by atoms with Crippen molar-refractivity contribution in [2.75, 3.05) is 11.5 Å². The summed E-state index contributed by atoms with van der Waals surface area (Å²) in [6, 6.07) is 19.6. The third-order valence-electron chi connectivity index (χ3n) is 4.05. The molecule has 0 aliphatic carbocycles. The number of ether oxygens (including phenoxy) is 1. The Labute approximate surface area is 165 Å². The third kappa shape index (κ3) is 3.86. The van der Waals surface area contributed by atoms with E-state index in [1.165, 1.54) is 22.7 Å². The Bertz CT molecular complexity index is 1040. The molecule has 0 bridgehead atoms. The van der Waals surface area contributed by atoms with Crippen LogP contribution < -0.4 is 9.64 Å². The number of hydrogen-bond donors (Lipinski definition) is 0. The molecule has 4 aromatic rings. The zero-order chi connectivity index (χ0) is 18.6. The molecule has 1 amide bonds. The van der Waals surface area contributed by atoms with Crippen molar-refractivity contribution < 1.29 is 9.53 Å². The molecule has 0 aliphatic rings. The first-order valence-electron chi connectivity index (χ1n) is 8.67. The second-order valence-corrected chi connectivity index (χ2v) is 7.87. The van der Waals surface area contributed by atoms with Crippen molar-refractivity contribution in [1.29, 1.82) is 0 Å². The highest BCUT2D eigenvalue weighted by Crippen LogP contribution is 2.33. The lowest BCUT2D eigenvalue weighted by molar-refractivity contribution is 0.0989. The predicted octanol–water partition coefficient (Wildman–Crippen LogP) is 5.60. The van der Waals surface area contributed by atoms with Crippen LogP contribution in [0.2, 0.25) is 0 Å². The van der Waals surface area contributed by atoms with Crippen LogP contribution in [-0.4, -0.2) is 17.5 Å². The number of rotatable bonds is 6. The smallest absolute Gasteiger partial charge is 0.270 e. The van der Waals surface area contributed by atoms with Crippen LogP contribution in [0.1, 0.15) is 22.2 Å². The highest BCUT2D eigenvalue weighted by molar-refractivity contribution is 7.22. The second kappa shape index (κ2) is 7.90. The molecular weight excluding hydrogens is 376 g/mol. The number of thiophene rings is 1. The van der Waals surface area contributed by atoms with Crippen LogP contribution in [0.3, 0.4) is 0 Å². The summed E-state index contributed by atoms with van der Waals surface area (Å²) in [5.74, 6) is 0.789. The second-order valence-electron chi connectivity index (χ2n) is 5.91. The molecule has 0 aliphatic heterocycles. The van der Waals surface area contributed by atoms with Crippen LogP contribution in [0.5, 0.6) is 5.75 Å². The largest absolute Gasteiger partial charge is 0.494 e. The molecule has 27 heavy (non-hydrogen) atoms. The molecule has 2 aromatic heterocycles. The summed E-state index contributed by atoms with van der Waals surface area (Å²) in [6.45, 7) is 3.06. The van der Waals surface area contributed by atoms with Gasteiger partial charge < -0.3 is 4.74 Å². The normalized spacial score (nSPS) is 10.9. The van der Waals surface area contributed by atoms with E-state index in [1.54, 1.807) is 4.90 Å². The number of anilines is 1. The Hall–Kier alpha value is -2.70. The van der Waals surface area contributed by atoms with Crippen molar-refractivity contribution in [3.8, 4) is 5.75 Å². The van der Waals surface area contributed by atoms with E-state index in [0.29, 0.717) is 23.2 Å². The minimum atomic E-state index is -0.0297. The molecule has 2 aromatic carbocycles. The number of thiazole rings is 1. The molecule has 0 atom stereocenters. The summed E-state index contributed by atoms with van der Waals surface area (Å²) in [5, 5.41) is 2.61. The van der Waals surface area contributed by atoms with Gasteiger partial charge in [0.1, 0.15) is 5.75 Å². The first-order chi connectivity index (χ1) is 13.2. The zero-order valence-electron chi connectivity index (χ0n) is 14.8. The Balaban J connectivity index is 1.73. The highest BCUT2D eigenvalue weighted by atomic mass is 32.1. The molecule has 0 saturated carbocycles. The van der Waals surface area contributed by atoms with E-state index in [9.17, 15) is 4.79 Å². The Morgan fingerprint density at radius 2 is 1.96 bits per heavy atom. The summed E-state index contributed by atoms with van der Waals surface area (Å²) < 4.78 is 6.59. The maximum atomic E-state index is 13.1.